The van der Waals surface area contributed by atoms with E-state index in [9.17, 15) is 4.79 Å². The van der Waals surface area contributed by atoms with Crippen molar-refractivity contribution in [2.45, 2.75) is 19.8 Å². The Balaban J connectivity index is 3.75. The maximum atomic E-state index is 11.6. The van der Waals surface area contributed by atoms with E-state index in [1.807, 2.05) is 6.92 Å². The molecule has 0 rings (SSSR count). The van der Waals surface area contributed by atoms with Crippen LogP contribution in [-0.2, 0) is 9.53 Å². The Morgan fingerprint density at radius 3 is 2.80 bits per heavy atom. The summed E-state index contributed by atoms with van der Waals surface area (Å²) in [6.45, 7) is 7.55. The van der Waals surface area contributed by atoms with Crippen LogP contribution in [0.25, 0.3) is 0 Å². The molecule has 15 heavy (non-hydrogen) atoms. The average Bonchev–Trinajstić information content (AvgIpc) is 2.24. The van der Waals surface area contributed by atoms with Crippen molar-refractivity contribution in [3.05, 3.63) is 12.7 Å². The molecular formula is C11H21NO3. The number of ether oxygens (including phenoxy) is 1. The topological polar surface area (TPSA) is 49.8 Å². The van der Waals surface area contributed by atoms with Gasteiger partial charge in [0.15, 0.2) is 0 Å². The van der Waals surface area contributed by atoms with Gasteiger partial charge in [0.25, 0.3) is 0 Å². The first-order valence-corrected chi connectivity index (χ1v) is 5.33. The van der Waals surface area contributed by atoms with Gasteiger partial charge in [-0.2, -0.15) is 0 Å². The summed E-state index contributed by atoms with van der Waals surface area (Å²) in [5.41, 5.74) is 0. The number of carbonyl (C=O) groups excluding carboxylic acids is 1. The molecule has 0 saturated carbocycles. The zero-order valence-corrected chi connectivity index (χ0v) is 9.45. The van der Waals surface area contributed by atoms with Crippen molar-refractivity contribution in [3.8, 4) is 0 Å². The van der Waals surface area contributed by atoms with E-state index in [2.05, 4.69) is 6.58 Å². The Morgan fingerprint density at radius 2 is 2.27 bits per heavy atom. The lowest BCUT2D eigenvalue weighted by atomic mass is 10.3. The Bertz CT molecular complexity index is 183. The van der Waals surface area contributed by atoms with Crippen LogP contribution in [0.2, 0.25) is 0 Å². The summed E-state index contributed by atoms with van der Waals surface area (Å²) in [7, 11) is 0. The van der Waals surface area contributed by atoms with Gasteiger partial charge in [0.05, 0.1) is 19.6 Å². The molecular weight excluding hydrogens is 194 g/mol. The molecule has 1 N–H and O–H groups in total. The number of nitrogens with zero attached hydrogens (tertiary/aromatic N) is 1. The average molecular weight is 215 g/mol. The summed E-state index contributed by atoms with van der Waals surface area (Å²) >= 11 is 0. The molecule has 0 saturated heterocycles. The second-order valence-corrected chi connectivity index (χ2v) is 3.21. The molecule has 0 radical (unpaired) electrons. The predicted molar refractivity (Wildman–Crippen MR) is 59.6 cm³/mol. The van der Waals surface area contributed by atoms with Crippen molar-refractivity contribution >= 4 is 5.91 Å². The summed E-state index contributed by atoms with van der Waals surface area (Å²) in [6.07, 6.45) is 2.98. The maximum Gasteiger partial charge on any atom is 0.225 e. The van der Waals surface area contributed by atoms with Gasteiger partial charge < -0.3 is 14.7 Å². The molecule has 0 heterocycles. The van der Waals surface area contributed by atoms with E-state index in [4.69, 9.17) is 9.84 Å². The molecule has 4 heteroatoms. The highest BCUT2D eigenvalue weighted by Gasteiger charge is 2.10. The standard InChI is InChI=1S/C11H21NO3/c1-3-6-12(7-8-13)11(14)5-10-15-9-4-2/h3,13H,1,4-10H2,2H3. The molecule has 0 atom stereocenters. The van der Waals surface area contributed by atoms with Crippen LogP contribution in [0.1, 0.15) is 19.8 Å². The normalized spacial score (nSPS) is 10.0. The van der Waals surface area contributed by atoms with Gasteiger partial charge in [0, 0.05) is 19.7 Å². The van der Waals surface area contributed by atoms with Crippen molar-refractivity contribution in [1.29, 1.82) is 0 Å². The first-order valence-electron chi connectivity index (χ1n) is 5.33. The van der Waals surface area contributed by atoms with E-state index >= 15 is 0 Å². The number of carbonyl (C=O) groups is 1. The number of rotatable bonds is 9. The van der Waals surface area contributed by atoms with Gasteiger partial charge in [0.2, 0.25) is 5.91 Å². The summed E-state index contributed by atoms with van der Waals surface area (Å²) in [5.74, 6) is 0.0000491. The third kappa shape index (κ3) is 7.11. The third-order valence-electron chi connectivity index (χ3n) is 1.88. The number of aliphatic hydroxyl groups is 1. The van der Waals surface area contributed by atoms with Crippen LogP contribution in [0.15, 0.2) is 12.7 Å². The Morgan fingerprint density at radius 1 is 1.53 bits per heavy atom. The van der Waals surface area contributed by atoms with Gasteiger partial charge >= 0.3 is 0 Å². The molecule has 4 nitrogen and oxygen atoms in total. The first-order chi connectivity index (χ1) is 7.26. The van der Waals surface area contributed by atoms with Crippen LogP contribution >= 0.6 is 0 Å². The van der Waals surface area contributed by atoms with Crippen molar-refractivity contribution in [2.75, 3.05) is 32.9 Å². The maximum absolute atomic E-state index is 11.6. The largest absolute Gasteiger partial charge is 0.395 e. The Labute approximate surface area is 91.5 Å². The lowest BCUT2D eigenvalue weighted by Gasteiger charge is -2.19. The first kappa shape index (κ1) is 14.1. The molecule has 88 valence electrons. The lowest BCUT2D eigenvalue weighted by Crippen LogP contribution is -2.34. The summed E-state index contributed by atoms with van der Waals surface area (Å²) in [5, 5.41) is 8.76. The zero-order chi connectivity index (χ0) is 11.5. The second kappa shape index (κ2) is 9.68. The summed E-state index contributed by atoms with van der Waals surface area (Å²) in [6, 6.07) is 0. The smallest absolute Gasteiger partial charge is 0.225 e. The third-order valence-corrected chi connectivity index (χ3v) is 1.88. The molecule has 0 fully saturated rings. The minimum absolute atomic E-state index is 0.0000491. The zero-order valence-electron chi connectivity index (χ0n) is 9.45. The highest BCUT2D eigenvalue weighted by atomic mass is 16.5. The molecule has 0 aliphatic carbocycles. The van der Waals surface area contributed by atoms with Crippen molar-refractivity contribution < 1.29 is 14.6 Å². The Hall–Kier alpha value is -0.870. The summed E-state index contributed by atoms with van der Waals surface area (Å²) in [4.78, 5) is 13.1. The van der Waals surface area contributed by atoms with Crippen molar-refractivity contribution in [3.63, 3.8) is 0 Å². The number of hydrogen-bond donors (Lipinski definition) is 1. The van der Waals surface area contributed by atoms with Gasteiger partial charge in [-0.3, -0.25) is 4.79 Å². The molecule has 1 amide bonds. The molecule has 0 aromatic heterocycles. The van der Waals surface area contributed by atoms with Gasteiger partial charge in [-0.05, 0) is 6.42 Å². The van der Waals surface area contributed by atoms with E-state index in [1.54, 1.807) is 11.0 Å². The van der Waals surface area contributed by atoms with Crippen LogP contribution in [-0.4, -0.2) is 48.8 Å². The minimum Gasteiger partial charge on any atom is -0.395 e. The fourth-order valence-electron chi connectivity index (χ4n) is 1.16. The van der Waals surface area contributed by atoms with E-state index in [0.717, 1.165) is 6.42 Å². The molecule has 0 bridgehead atoms. The highest BCUT2D eigenvalue weighted by molar-refractivity contribution is 5.76. The van der Waals surface area contributed by atoms with Crippen molar-refractivity contribution in [2.24, 2.45) is 0 Å². The second-order valence-electron chi connectivity index (χ2n) is 3.21. The van der Waals surface area contributed by atoms with Gasteiger partial charge in [-0.15, -0.1) is 6.58 Å². The quantitative estimate of drug-likeness (QED) is 0.457. The monoisotopic (exact) mass is 215 g/mol. The number of amides is 1. The van der Waals surface area contributed by atoms with E-state index in [0.29, 0.717) is 32.7 Å². The van der Waals surface area contributed by atoms with E-state index < -0.39 is 0 Å². The minimum atomic E-state index is -0.0185. The fraction of sp³-hybridized carbons (Fsp3) is 0.727. The molecule has 0 unspecified atom stereocenters. The van der Waals surface area contributed by atoms with Crippen LogP contribution in [0.5, 0.6) is 0 Å². The lowest BCUT2D eigenvalue weighted by molar-refractivity contribution is -0.132. The van der Waals surface area contributed by atoms with Crippen LogP contribution in [0, 0.1) is 0 Å². The molecule has 0 spiro atoms. The molecule has 0 aromatic carbocycles. The fourth-order valence-corrected chi connectivity index (χ4v) is 1.16. The van der Waals surface area contributed by atoms with Gasteiger partial charge in [0.1, 0.15) is 0 Å². The Kier molecular flexibility index (Phi) is 9.11. The van der Waals surface area contributed by atoms with Crippen LogP contribution in [0.3, 0.4) is 0 Å². The van der Waals surface area contributed by atoms with E-state index in [-0.39, 0.29) is 12.5 Å². The SMILES string of the molecule is C=CCN(CCO)C(=O)CCOCCC. The van der Waals surface area contributed by atoms with Crippen LogP contribution < -0.4 is 0 Å². The molecule has 0 aromatic rings. The van der Waals surface area contributed by atoms with Crippen molar-refractivity contribution in [1.82, 2.24) is 4.90 Å². The van der Waals surface area contributed by atoms with Gasteiger partial charge in [-0.25, -0.2) is 0 Å². The van der Waals surface area contributed by atoms with Gasteiger partial charge in [-0.1, -0.05) is 13.0 Å². The number of hydrogen-bond acceptors (Lipinski definition) is 3. The highest BCUT2D eigenvalue weighted by Crippen LogP contribution is 1.95. The summed E-state index contributed by atoms with van der Waals surface area (Å²) < 4.78 is 5.22. The number of aliphatic hydroxyl groups excluding tert-OH is 1. The molecule has 0 aliphatic rings. The van der Waals surface area contributed by atoms with Crippen LogP contribution in [0.4, 0.5) is 0 Å². The predicted octanol–water partition coefficient (Wildman–Crippen LogP) is 0.810. The molecule has 0 aliphatic heterocycles. The van der Waals surface area contributed by atoms with E-state index in [1.165, 1.54) is 0 Å².